The first kappa shape index (κ1) is 19.3. The molecule has 0 aromatic heterocycles. The lowest BCUT2D eigenvalue weighted by molar-refractivity contribution is 0.0444. The summed E-state index contributed by atoms with van der Waals surface area (Å²) in [5.41, 5.74) is 4.11. The summed E-state index contributed by atoms with van der Waals surface area (Å²) in [7, 11) is 0. The Bertz CT molecular complexity index is 780. The second-order valence-corrected chi connectivity index (χ2v) is 7.77. The molecule has 1 aromatic carbocycles. The van der Waals surface area contributed by atoms with Gasteiger partial charge in [0.25, 0.3) is 6.02 Å². The molecule has 1 saturated heterocycles. The maximum atomic E-state index is 14.7. The van der Waals surface area contributed by atoms with Crippen LogP contribution in [-0.4, -0.2) is 53.7 Å². The summed E-state index contributed by atoms with van der Waals surface area (Å²) in [6, 6.07) is 3.88. The van der Waals surface area contributed by atoms with Crippen LogP contribution in [0, 0.1) is 11.7 Å². The molecule has 0 radical (unpaired) electrons. The molecule has 0 aliphatic carbocycles. The number of amidine groups is 1. The Labute approximate surface area is 155 Å². The molecule has 0 saturated carbocycles. The van der Waals surface area contributed by atoms with Crippen molar-refractivity contribution >= 4 is 17.8 Å². The minimum atomic E-state index is -1.32. The van der Waals surface area contributed by atoms with Gasteiger partial charge in [-0.1, -0.05) is 0 Å². The number of amides is 1. The minimum absolute atomic E-state index is 0.0540. The average molecular weight is 383 g/mol. The molecule has 2 heterocycles. The Morgan fingerprint density at radius 1 is 1.48 bits per heavy atom. The zero-order valence-corrected chi connectivity index (χ0v) is 15.4. The highest BCUT2D eigenvalue weighted by Gasteiger charge is 2.56. The molecule has 27 heavy (non-hydrogen) atoms. The van der Waals surface area contributed by atoms with Crippen LogP contribution in [0.15, 0.2) is 23.2 Å². The fourth-order valence-electron chi connectivity index (χ4n) is 3.63. The maximum absolute atomic E-state index is 14.7. The van der Waals surface area contributed by atoms with Crippen LogP contribution >= 0.6 is 0 Å². The van der Waals surface area contributed by atoms with Crippen molar-refractivity contribution in [3.8, 4) is 0 Å². The summed E-state index contributed by atoms with van der Waals surface area (Å²) < 4.78 is 39.3. The summed E-state index contributed by atoms with van der Waals surface area (Å²) in [6.45, 7) is 4.11. The molecule has 1 amide bonds. The van der Waals surface area contributed by atoms with Gasteiger partial charge in [-0.25, -0.2) is 23.5 Å². The SMILES string of the molecule is CC(C)(C)N(C(=O)O)C1=N[C@@]2(c3cc(N)ccc3F)CO[C@H](CF)[C@H]2CO1. The second-order valence-electron chi connectivity index (χ2n) is 7.77. The molecule has 3 N–H and O–H groups in total. The summed E-state index contributed by atoms with van der Waals surface area (Å²) >= 11 is 0. The van der Waals surface area contributed by atoms with Crippen LogP contribution < -0.4 is 5.73 Å². The predicted octanol–water partition coefficient (Wildman–Crippen LogP) is 2.75. The van der Waals surface area contributed by atoms with Crippen molar-refractivity contribution in [2.24, 2.45) is 10.9 Å². The van der Waals surface area contributed by atoms with E-state index in [0.717, 1.165) is 4.90 Å². The highest BCUT2D eigenvalue weighted by Crippen LogP contribution is 2.47. The number of carbonyl (C=O) groups is 1. The van der Waals surface area contributed by atoms with Gasteiger partial charge in [0.2, 0.25) is 0 Å². The number of hydrogen-bond donors (Lipinski definition) is 2. The Morgan fingerprint density at radius 3 is 2.78 bits per heavy atom. The number of nitrogens with zero attached hydrogens (tertiary/aromatic N) is 2. The quantitative estimate of drug-likeness (QED) is 0.766. The highest BCUT2D eigenvalue weighted by atomic mass is 19.1. The number of halogens is 2. The molecule has 148 valence electrons. The number of nitrogens with two attached hydrogens (primary N) is 1. The Balaban J connectivity index is 2.19. The van der Waals surface area contributed by atoms with E-state index in [1.807, 2.05) is 0 Å². The lowest BCUT2D eigenvalue weighted by atomic mass is 9.78. The van der Waals surface area contributed by atoms with Gasteiger partial charge in [0, 0.05) is 16.8 Å². The van der Waals surface area contributed by atoms with E-state index >= 15 is 0 Å². The first-order valence-corrected chi connectivity index (χ1v) is 8.59. The van der Waals surface area contributed by atoms with Crippen molar-refractivity contribution in [1.29, 1.82) is 0 Å². The van der Waals surface area contributed by atoms with Crippen LogP contribution in [0.4, 0.5) is 19.3 Å². The fraction of sp³-hybridized carbons (Fsp3) is 0.556. The van der Waals surface area contributed by atoms with Crippen molar-refractivity contribution in [3.63, 3.8) is 0 Å². The molecular weight excluding hydrogens is 360 g/mol. The molecule has 1 aromatic rings. The number of benzene rings is 1. The van der Waals surface area contributed by atoms with Gasteiger partial charge >= 0.3 is 6.09 Å². The lowest BCUT2D eigenvalue weighted by Crippen LogP contribution is -2.54. The number of rotatable bonds is 2. The molecule has 2 aliphatic heterocycles. The van der Waals surface area contributed by atoms with Crippen molar-refractivity contribution < 1.29 is 28.2 Å². The third-order valence-corrected chi connectivity index (χ3v) is 4.93. The van der Waals surface area contributed by atoms with E-state index in [0.29, 0.717) is 5.69 Å². The van der Waals surface area contributed by atoms with Crippen molar-refractivity contribution in [1.82, 2.24) is 4.90 Å². The van der Waals surface area contributed by atoms with E-state index in [9.17, 15) is 18.7 Å². The van der Waals surface area contributed by atoms with Crippen LogP contribution in [0.1, 0.15) is 26.3 Å². The van der Waals surface area contributed by atoms with E-state index in [4.69, 9.17) is 15.2 Å². The molecule has 0 bridgehead atoms. The smallest absolute Gasteiger partial charge is 0.415 e. The zero-order valence-electron chi connectivity index (χ0n) is 15.4. The zero-order chi connectivity index (χ0) is 20.0. The average Bonchev–Trinajstić information content (AvgIpc) is 2.94. The Kier molecular flexibility index (Phi) is 4.75. The normalized spacial score (nSPS) is 27.5. The predicted molar refractivity (Wildman–Crippen MR) is 94.7 cm³/mol. The minimum Gasteiger partial charge on any atom is -0.465 e. The molecule has 3 atom stereocenters. The van der Waals surface area contributed by atoms with Crippen molar-refractivity contribution in [2.75, 3.05) is 25.6 Å². The Hall–Kier alpha value is -2.42. The second kappa shape index (κ2) is 6.63. The molecular formula is C18H23F2N3O4. The third kappa shape index (κ3) is 3.20. The molecule has 1 fully saturated rings. The third-order valence-electron chi connectivity index (χ3n) is 4.93. The standard InChI is InChI=1S/C18H23F2N3O4/c1-17(2,3)23(16(24)25)15-22-18(11-6-10(21)4-5-13(11)20)9-27-14(7-19)12(18)8-26-15/h4-6,12,14H,7-9,21H2,1-3H3,(H,24,25)/t12-,14-,18-/m1/s1. The van der Waals surface area contributed by atoms with E-state index in [1.165, 1.54) is 18.2 Å². The van der Waals surface area contributed by atoms with E-state index in [-0.39, 0.29) is 24.8 Å². The van der Waals surface area contributed by atoms with Gasteiger partial charge < -0.3 is 20.3 Å². The summed E-state index contributed by atoms with van der Waals surface area (Å²) in [4.78, 5) is 17.3. The number of aliphatic imine (C=N–C) groups is 1. The molecule has 7 nitrogen and oxygen atoms in total. The molecule has 3 rings (SSSR count). The number of alkyl halides is 1. The van der Waals surface area contributed by atoms with Gasteiger partial charge in [-0.15, -0.1) is 0 Å². The van der Waals surface area contributed by atoms with Crippen LogP contribution in [0.5, 0.6) is 0 Å². The summed E-state index contributed by atoms with van der Waals surface area (Å²) in [5.74, 6) is -1.18. The number of fused-ring (bicyclic) bond motifs is 1. The number of hydrogen-bond acceptors (Lipinski definition) is 5. The topological polar surface area (TPSA) is 97.4 Å². The monoisotopic (exact) mass is 383 g/mol. The Morgan fingerprint density at radius 2 is 2.19 bits per heavy atom. The van der Waals surface area contributed by atoms with E-state index < -0.39 is 41.7 Å². The van der Waals surface area contributed by atoms with Crippen LogP contribution in [0.2, 0.25) is 0 Å². The van der Waals surface area contributed by atoms with Gasteiger partial charge in [0.05, 0.1) is 25.2 Å². The molecule has 0 unspecified atom stereocenters. The number of anilines is 1. The van der Waals surface area contributed by atoms with Crippen LogP contribution in [0.25, 0.3) is 0 Å². The van der Waals surface area contributed by atoms with Gasteiger partial charge in [-0.2, -0.15) is 0 Å². The molecule has 0 spiro atoms. The van der Waals surface area contributed by atoms with Gasteiger partial charge in [-0.05, 0) is 39.0 Å². The van der Waals surface area contributed by atoms with Crippen LogP contribution in [-0.2, 0) is 15.0 Å². The highest BCUT2D eigenvalue weighted by molar-refractivity contribution is 5.91. The number of nitrogen functional groups attached to an aromatic ring is 1. The maximum Gasteiger partial charge on any atom is 0.415 e. The van der Waals surface area contributed by atoms with E-state index in [2.05, 4.69) is 4.99 Å². The largest absolute Gasteiger partial charge is 0.465 e. The first-order chi connectivity index (χ1) is 12.6. The van der Waals surface area contributed by atoms with Crippen molar-refractivity contribution in [2.45, 2.75) is 38.0 Å². The van der Waals surface area contributed by atoms with E-state index in [1.54, 1.807) is 20.8 Å². The van der Waals surface area contributed by atoms with Crippen LogP contribution in [0.3, 0.4) is 0 Å². The van der Waals surface area contributed by atoms with Crippen molar-refractivity contribution in [3.05, 3.63) is 29.6 Å². The molecule has 2 aliphatic rings. The summed E-state index contributed by atoms with van der Waals surface area (Å²) in [5, 5.41) is 9.63. The lowest BCUT2D eigenvalue weighted by Gasteiger charge is -2.41. The fourth-order valence-corrected chi connectivity index (χ4v) is 3.63. The summed E-state index contributed by atoms with van der Waals surface area (Å²) in [6.07, 6.45) is -2.09. The van der Waals surface area contributed by atoms with Gasteiger partial charge in [-0.3, -0.25) is 0 Å². The molecule has 9 heteroatoms. The first-order valence-electron chi connectivity index (χ1n) is 8.59. The number of ether oxygens (including phenoxy) is 2. The van der Waals surface area contributed by atoms with Gasteiger partial charge in [0.15, 0.2) is 0 Å². The van der Waals surface area contributed by atoms with Gasteiger partial charge in [0.1, 0.15) is 18.0 Å². The number of carboxylic acid groups (broad SMARTS) is 1.